The van der Waals surface area contributed by atoms with Crippen molar-refractivity contribution in [3.8, 4) is 5.75 Å². The van der Waals surface area contributed by atoms with E-state index in [1.165, 1.54) is 6.42 Å². The van der Waals surface area contributed by atoms with E-state index in [4.69, 9.17) is 4.74 Å². The van der Waals surface area contributed by atoms with Gasteiger partial charge in [0.25, 0.3) is 0 Å². The highest BCUT2D eigenvalue weighted by molar-refractivity contribution is 9.11. The summed E-state index contributed by atoms with van der Waals surface area (Å²) in [5.74, 6) is 1.45. The van der Waals surface area contributed by atoms with Crippen LogP contribution in [-0.2, 0) is 6.54 Å². The zero-order valence-corrected chi connectivity index (χ0v) is 15.8. The Hall–Kier alpha value is -0.100. The summed E-state index contributed by atoms with van der Waals surface area (Å²) in [6.07, 6.45) is 4.13. The second-order valence-corrected chi connectivity index (χ2v) is 7.88. The Balaban J connectivity index is 1.97. The van der Waals surface area contributed by atoms with E-state index in [0.29, 0.717) is 19.0 Å². The number of rotatable bonds is 5. The van der Waals surface area contributed by atoms with Crippen LogP contribution in [0.3, 0.4) is 0 Å². The van der Waals surface area contributed by atoms with E-state index < -0.39 is 5.60 Å². The van der Waals surface area contributed by atoms with Crippen LogP contribution in [0.2, 0.25) is 0 Å². The van der Waals surface area contributed by atoms with E-state index in [0.717, 1.165) is 39.5 Å². The van der Waals surface area contributed by atoms with Gasteiger partial charge in [-0.25, -0.2) is 0 Å². The number of methoxy groups -OCH3 is 1. The van der Waals surface area contributed by atoms with Crippen molar-refractivity contribution < 1.29 is 9.84 Å². The van der Waals surface area contributed by atoms with E-state index in [1.54, 1.807) is 7.11 Å². The van der Waals surface area contributed by atoms with Crippen LogP contribution in [-0.4, -0.2) is 24.4 Å². The van der Waals surface area contributed by atoms with Crippen LogP contribution in [0.25, 0.3) is 0 Å². The molecule has 1 aromatic carbocycles. The van der Waals surface area contributed by atoms with Gasteiger partial charge >= 0.3 is 0 Å². The lowest BCUT2D eigenvalue weighted by atomic mass is 9.79. The van der Waals surface area contributed by atoms with Crippen LogP contribution in [0, 0.1) is 5.92 Å². The van der Waals surface area contributed by atoms with Gasteiger partial charge in [0.1, 0.15) is 5.75 Å². The minimum absolute atomic E-state index is 0.561. The smallest absolute Gasteiger partial charge is 0.137 e. The molecule has 2 unspecified atom stereocenters. The second kappa shape index (κ2) is 7.44. The van der Waals surface area contributed by atoms with Crippen molar-refractivity contribution in [1.82, 2.24) is 5.32 Å². The summed E-state index contributed by atoms with van der Waals surface area (Å²) >= 11 is 7.01. The van der Waals surface area contributed by atoms with Crippen LogP contribution in [0.1, 0.15) is 38.2 Å². The van der Waals surface area contributed by atoms with Gasteiger partial charge in [0.05, 0.1) is 17.2 Å². The molecule has 1 aliphatic carbocycles. The number of hydrogen-bond donors (Lipinski definition) is 2. The number of nitrogens with one attached hydrogen (secondary N) is 1. The van der Waals surface area contributed by atoms with E-state index in [-0.39, 0.29) is 0 Å². The van der Waals surface area contributed by atoms with Gasteiger partial charge in [-0.3, -0.25) is 0 Å². The van der Waals surface area contributed by atoms with Crippen LogP contribution >= 0.6 is 31.9 Å². The molecule has 2 atom stereocenters. The molecule has 21 heavy (non-hydrogen) atoms. The Labute approximate surface area is 143 Å². The molecule has 0 spiro atoms. The fourth-order valence-corrected chi connectivity index (χ4v) is 4.67. The third-order valence-electron chi connectivity index (χ3n) is 4.13. The van der Waals surface area contributed by atoms with E-state index >= 15 is 0 Å². The molecule has 1 aliphatic rings. The van der Waals surface area contributed by atoms with Gasteiger partial charge in [0.15, 0.2) is 0 Å². The molecule has 3 nitrogen and oxygen atoms in total. The predicted molar refractivity (Wildman–Crippen MR) is 92.7 cm³/mol. The number of benzene rings is 1. The topological polar surface area (TPSA) is 41.5 Å². The Morgan fingerprint density at radius 3 is 2.86 bits per heavy atom. The molecule has 118 valence electrons. The van der Waals surface area contributed by atoms with E-state index in [9.17, 15) is 5.11 Å². The number of halogens is 2. The van der Waals surface area contributed by atoms with Gasteiger partial charge < -0.3 is 15.2 Å². The SMILES string of the molecule is COc1c(Br)cc(Br)cc1CNCC1(O)CCCC(C)C1. The highest BCUT2D eigenvalue weighted by Gasteiger charge is 2.32. The highest BCUT2D eigenvalue weighted by atomic mass is 79.9. The maximum absolute atomic E-state index is 10.6. The predicted octanol–water partition coefficient (Wildman–Crippen LogP) is 4.25. The molecule has 0 aliphatic heterocycles. The highest BCUT2D eigenvalue weighted by Crippen LogP contribution is 2.34. The standard InChI is InChI=1S/C16H23Br2NO2/c1-11-4-3-5-16(20,8-11)10-19-9-12-6-13(17)7-14(18)15(12)21-2/h6-7,11,19-20H,3-5,8-10H2,1-2H3. The lowest BCUT2D eigenvalue weighted by Gasteiger charge is -2.35. The molecule has 2 N–H and O–H groups in total. The fourth-order valence-electron chi connectivity index (χ4n) is 3.20. The van der Waals surface area contributed by atoms with Gasteiger partial charge in [-0.2, -0.15) is 0 Å². The van der Waals surface area contributed by atoms with Crippen molar-refractivity contribution >= 4 is 31.9 Å². The quantitative estimate of drug-likeness (QED) is 0.747. The molecule has 0 saturated heterocycles. The molecular formula is C16H23Br2NO2. The zero-order chi connectivity index (χ0) is 15.5. The summed E-state index contributed by atoms with van der Waals surface area (Å²) in [7, 11) is 1.67. The Morgan fingerprint density at radius 2 is 2.19 bits per heavy atom. The van der Waals surface area contributed by atoms with Gasteiger partial charge in [0.2, 0.25) is 0 Å². The van der Waals surface area contributed by atoms with Crippen LogP contribution in [0.5, 0.6) is 5.75 Å². The summed E-state index contributed by atoms with van der Waals surface area (Å²) in [6, 6.07) is 4.02. The van der Waals surface area contributed by atoms with Crippen LogP contribution < -0.4 is 10.1 Å². The molecule has 2 rings (SSSR count). The van der Waals surface area contributed by atoms with Gasteiger partial charge in [-0.05, 0) is 46.8 Å². The second-order valence-electron chi connectivity index (χ2n) is 6.11. The van der Waals surface area contributed by atoms with Crippen molar-refractivity contribution in [2.24, 2.45) is 5.92 Å². The number of hydrogen-bond acceptors (Lipinski definition) is 3. The number of ether oxygens (including phenoxy) is 1. The summed E-state index contributed by atoms with van der Waals surface area (Å²) in [6.45, 7) is 3.53. The minimum atomic E-state index is -0.561. The summed E-state index contributed by atoms with van der Waals surface area (Å²) < 4.78 is 7.39. The Morgan fingerprint density at radius 1 is 1.43 bits per heavy atom. The largest absolute Gasteiger partial charge is 0.495 e. The van der Waals surface area contributed by atoms with Crippen molar-refractivity contribution in [3.63, 3.8) is 0 Å². The maximum Gasteiger partial charge on any atom is 0.137 e. The zero-order valence-electron chi connectivity index (χ0n) is 12.6. The van der Waals surface area contributed by atoms with Crippen LogP contribution in [0.4, 0.5) is 0 Å². The summed E-state index contributed by atoms with van der Waals surface area (Å²) in [5.41, 5.74) is 0.514. The average Bonchev–Trinajstić information content (AvgIpc) is 2.37. The molecule has 1 aromatic rings. The first-order chi connectivity index (χ1) is 9.93. The number of aliphatic hydroxyl groups is 1. The Bertz CT molecular complexity index is 495. The van der Waals surface area contributed by atoms with Gasteiger partial charge in [-0.1, -0.05) is 35.7 Å². The van der Waals surface area contributed by atoms with Crippen molar-refractivity contribution in [2.45, 2.75) is 44.8 Å². The monoisotopic (exact) mass is 419 g/mol. The first-order valence-corrected chi connectivity index (χ1v) is 8.97. The molecule has 1 fully saturated rings. The van der Waals surface area contributed by atoms with Crippen molar-refractivity contribution in [3.05, 3.63) is 26.6 Å². The van der Waals surface area contributed by atoms with Crippen molar-refractivity contribution in [2.75, 3.05) is 13.7 Å². The molecule has 5 heteroatoms. The molecule has 0 aromatic heterocycles. The Kier molecular flexibility index (Phi) is 6.12. The molecule has 0 bridgehead atoms. The fraction of sp³-hybridized carbons (Fsp3) is 0.625. The van der Waals surface area contributed by atoms with Crippen molar-refractivity contribution in [1.29, 1.82) is 0 Å². The molecule has 0 heterocycles. The summed E-state index contributed by atoms with van der Waals surface area (Å²) in [5, 5.41) is 14.0. The minimum Gasteiger partial charge on any atom is -0.495 e. The molecule has 0 amide bonds. The van der Waals surface area contributed by atoms with Gasteiger partial charge in [0, 0.05) is 23.1 Å². The molecule has 1 saturated carbocycles. The molecular weight excluding hydrogens is 398 g/mol. The normalized spacial score (nSPS) is 25.9. The van der Waals surface area contributed by atoms with E-state index in [1.807, 2.05) is 12.1 Å². The lowest BCUT2D eigenvalue weighted by molar-refractivity contribution is -0.0119. The van der Waals surface area contributed by atoms with E-state index in [2.05, 4.69) is 44.1 Å². The third kappa shape index (κ3) is 4.68. The first-order valence-electron chi connectivity index (χ1n) is 7.38. The molecule has 0 radical (unpaired) electrons. The average molecular weight is 421 g/mol. The maximum atomic E-state index is 10.6. The van der Waals surface area contributed by atoms with Gasteiger partial charge in [-0.15, -0.1) is 0 Å². The first kappa shape index (κ1) is 17.3. The van der Waals surface area contributed by atoms with Crippen LogP contribution in [0.15, 0.2) is 21.1 Å². The third-order valence-corrected chi connectivity index (χ3v) is 5.17. The summed E-state index contributed by atoms with van der Waals surface area (Å²) in [4.78, 5) is 0. The lowest BCUT2D eigenvalue weighted by Crippen LogP contribution is -2.43.